The minimum atomic E-state index is -4.20. The predicted molar refractivity (Wildman–Crippen MR) is 101 cm³/mol. The van der Waals surface area contributed by atoms with E-state index >= 15 is 0 Å². The smallest absolute Gasteiger partial charge is 0.356 e. The van der Waals surface area contributed by atoms with Crippen molar-refractivity contribution in [3.05, 3.63) is 22.4 Å². The maximum atomic E-state index is 12.8. The first-order valence-electron chi connectivity index (χ1n) is 8.91. The largest absolute Gasteiger partial charge is 0.403 e. The summed E-state index contributed by atoms with van der Waals surface area (Å²) >= 11 is 1.40. The van der Waals surface area contributed by atoms with Gasteiger partial charge >= 0.3 is 6.18 Å². The number of carbonyl (C=O) groups is 1. The van der Waals surface area contributed by atoms with Crippen LogP contribution in [0, 0.1) is 0 Å². The van der Waals surface area contributed by atoms with Gasteiger partial charge in [0.15, 0.2) is 5.96 Å². The van der Waals surface area contributed by atoms with Crippen molar-refractivity contribution in [2.45, 2.75) is 25.6 Å². The summed E-state index contributed by atoms with van der Waals surface area (Å²) in [6.45, 7) is 4.04. The maximum Gasteiger partial charge on any atom is 0.403 e. The van der Waals surface area contributed by atoms with Gasteiger partial charge in [-0.05, 0) is 24.8 Å². The highest BCUT2D eigenvalue weighted by Crippen LogP contribution is 2.25. The standard InChI is InChI=1S/C17H26F3N5OS/c1-13(17(18,19)20)24-8-10-25(11-9-24)16(21-2)23-7-4-6-22-15(26)14-5-3-12-27-14/h3,5,12-13H,4,6-11H2,1-2H3,(H,21,23)(H,22,26). The van der Waals surface area contributed by atoms with Crippen molar-refractivity contribution < 1.29 is 18.0 Å². The van der Waals surface area contributed by atoms with Gasteiger partial charge < -0.3 is 15.5 Å². The third-order valence-electron chi connectivity index (χ3n) is 4.51. The van der Waals surface area contributed by atoms with E-state index in [1.54, 1.807) is 13.1 Å². The molecule has 0 saturated carbocycles. The van der Waals surface area contributed by atoms with Crippen LogP contribution in [0.4, 0.5) is 13.2 Å². The van der Waals surface area contributed by atoms with Crippen LogP contribution in [-0.2, 0) is 0 Å². The number of piperazine rings is 1. The third kappa shape index (κ3) is 6.39. The second-order valence-electron chi connectivity index (χ2n) is 6.30. The first-order chi connectivity index (χ1) is 12.8. The lowest BCUT2D eigenvalue weighted by Gasteiger charge is -2.39. The molecule has 1 atom stereocenters. The molecule has 27 heavy (non-hydrogen) atoms. The molecule has 0 radical (unpaired) electrons. The molecule has 0 aliphatic carbocycles. The number of hydrogen-bond acceptors (Lipinski definition) is 4. The summed E-state index contributed by atoms with van der Waals surface area (Å²) in [5, 5.41) is 7.92. The van der Waals surface area contributed by atoms with E-state index in [1.165, 1.54) is 23.2 Å². The third-order valence-corrected chi connectivity index (χ3v) is 5.38. The Kier molecular flexibility index (Phi) is 7.91. The predicted octanol–water partition coefficient (Wildman–Crippen LogP) is 2.01. The Hall–Kier alpha value is -1.81. The number of nitrogens with zero attached hydrogens (tertiary/aromatic N) is 3. The number of hydrogen-bond donors (Lipinski definition) is 2. The van der Waals surface area contributed by atoms with Crippen LogP contribution in [-0.4, -0.2) is 80.2 Å². The number of rotatable bonds is 6. The molecule has 1 aromatic rings. The first-order valence-corrected chi connectivity index (χ1v) is 9.79. The topological polar surface area (TPSA) is 60.0 Å². The van der Waals surface area contributed by atoms with Crippen LogP contribution in [0.1, 0.15) is 23.0 Å². The normalized spacial score (nSPS) is 17.7. The van der Waals surface area contributed by atoms with E-state index < -0.39 is 12.2 Å². The minimum Gasteiger partial charge on any atom is -0.356 e. The lowest BCUT2D eigenvalue weighted by atomic mass is 10.2. The van der Waals surface area contributed by atoms with E-state index in [9.17, 15) is 18.0 Å². The van der Waals surface area contributed by atoms with Crippen LogP contribution in [0.3, 0.4) is 0 Å². The summed E-state index contributed by atoms with van der Waals surface area (Å²) < 4.78 is 38.5. The first kappa shape index (κ1) is 21.5. The fourth-order valence-corrected chi connectivity index (χ4v) is 3.49. The molecule has 1 aromatic heterocycles. The summed E-state index contributed by atoms with van der Waals surface area (Å²) in [4.78, 5) is 20.1. The molecular weight excluding hydrogens is 379 g/mol. The van der Waals surface area contributed by atoms with Crippen LogP contribution in [0.5, 0.6) is 0 Å². The van der Waals surface area contributed by atoms with Gasteiger partial charge in [0.25, 0.3) is 5.91 Å². The number of guanidine groups is 1. The van der Waals surface area contributed by atoms with Gasteiger partial charge in [0.05, 0.1) is 4.88 Å². The zero-order chi connectivity index (χ0) is 19.9. The van der Waals surface area contributed by atoms with Crippen LogP contribution < -0.4 is 10.6 Å². The summed E-state index contributed by atoms with van der Waals surface area (Å²) in [6.07, 6.45) is -3.48. The number of halogens is 3. The van der Waals surface area contributed by atoms with Gasteiger partial charge in [-0.3, -0.25) is 14.7 Å². The van der Waals surface area contributed by atoms with Crippen molar-refractivity contribution in [3.8, 4) is 0 Å². The van der Waals surface area contributed by atoms with Crippen molar-refractivity contribution in [2.75, 3.05) is 46.3 Å². The van der Waals surface area contributed by atoms with Gasteiger partial charge in [0.1, 0.15) is 6.04 Å². The Morgan fingerprint density at radius 2 is 1.93 bits per heavy atom. The van der Waals surface area contributed by atoms with Gasteiger partial charge in [-0.2, -0.15) is 13.2 Å². The zero-order valence-corrected chi connectivity index (χ0v) is 16.4. The molecule has 1 fully saturated rings. The molecule has 0 bridgehead atoms. The van der Waals surface area contributed by atoms with Crippen molar-refractivity contribution in [1.82, 2.24) is 20.4 Å². The molecule has 2 heterocycles. The minimum absolute atomic E-state index is 0.0794. The lowest BCUT2D eigenvalue weighted by Crippen LogP contribution is -2.56. The molecule has 2 rings (SSSR count). The molecule has 152 valence electrons. The molecule has 10 heteroatoms. The molecule has 1 amide bonds. The molecule has 0 aromatic carbocycles. The molecule has 2 N–H and O–H groups in total. The summed E-state index contributed by atoms with van der Waals surface area (Å²) in [5.74, 6) is 0.600. The monoisotopic (exact) mass is 405 g/mol. The fraction of sp³-hybridized carbons (Fsp3) is 0.647. The Morgan fingerprint density at radius 1 is 1.26 bits per heavy atom. The highest BCUT2D eigenvalue weighted by Gasteiger charge is 2.41. The summed E-state index contributed by atoms with van der Waals surface area (Å²) in [5.41, 5.74) is 0. The molecule has 1 unspecified atom stereocenters. The van der Waals surface area contributed by atoms with E-state index in [2.05, 4.69) is 15.6 Å². The number of carbonyl (C=O) groups excluding carboxylic acids is 1. The van der Waals surface area contributed by atoms with Crippen molar-refractivity contribution in [1.29, 1.82) is 0 Å². The molecule has 6 nitrogen and oxygen atoms in total. The van der Waals surface area contributed by atoms with E-state index in [0.717, 1.165) is 6.42 Å². The average molecular weight is 405 g/mol. The van der Waals surface area contributed by atoms with Crippen molar-refractivity contribution in [2.24, 2.45) is 4.99 Å². The van der Waals surface area contributed by atoms with Gasteiger partial charge in [-0.25, -0.2) is 0 Å². The van der Waals surface area contributed by atoms with Gasteiger partial charge in [-0.15, -0.1) is 11.3 Å². The lowest BCUT2D eigenvalue weighted by molar-refractivity contribution is -0.181. The Bertz CT molecular complexity index is 613. The Labute approximate surface area is 161 Å². The summed E-state index contributed by atoms with van der Waals surface area (Å²) in [7, 11) is 1.66. The van der Waals surface area contributed by atoms with E-state index in [4.69, 9.17) is 0 Å². The maximum absolute atomic E-state index is 12.8. The van der Waals surface area contributed by atoms with E-state index in [0.29, 0.717) is 50.1 Å². The molecule has 0 spiro atoms. The Morgan fingerprint density at radius 3 is 2.48 bits per heavy atom. The SMILES string of the molecule is CN=C(NCCCNC(=O)c1cccs1)N1CCN(C(C)C(F)(F)F)CC1. The highest BCUT2D eigenvalue weighted by atomic mass is 32.1. The molecule has 1 aliphatic rings. The van der Waals surface area contributed by atoms with Crippen molar-refractivity contribution >= 4 is 23.2 Å². The second-order valence-corrected chi connectivity index (χ2v) is 7.25. The fourth-order valence-electron chi connectivity index (χ4n) is 2.85. The number of aliphatic imine (C=N–C) groups is 1. The quantitative estimate of drug-likeness (QED) is 0.432. The molecule has 1 saturated heterocycles. The van der Waals surface area contributed by atoms with Crippen LogP contribution in [0.2, 0.25) is 0 Å². The van der Waals surface area contributed by atoms with Gasteiger partial charge in [-0.1, -0.05) is 6.07 Å². The summed E-state index contributed by atoms with van der Waals surface area (Å²) in [6, 6.07) is 2.18. The van der Waals surface area contributed by atoms with Crippen LogP contribution in [0.25, 0.3) is 0 Å². The second kappa shape index (κ2) is 9.93. The van der Waals surface area contributed by atoms with Crippen molar-refractivity contribution in [3.63, 3.8) is 0 Å². The average Bonchev–Trinajstić information content (AvgIpc) is 3.18. The number of nitrogens with one attached hydrogen (secondary N) is 2. The van der Waals surface area contributed by atoms with Gasteiger partial charge in [0.2, 0.25) is 0 Å². The number of amides is 1. The van der Waals surface area contributed by atoms with E-state index in [1.807, 2.05) is 16.3 Å². The molecular formula is C17H26F3N5OS. The van der Waals surface area contributed by atoms with Crippen LogP contribution >= 0.6 is 11.3 Å². The zero-order valence-electron chi connectivity index (χ0n) is 15.6. The Balaban J connectivity index is 1.67. The van der Waals surface area contributed by atoms with E-state index in [-0.39, 0.29) is 5.91 Å². The van der Waals surface area contributed by atoms with Gasteiger partial charge in [0, 0.05) is 46.3 Å². The molecule has 1 aliphatic heterocycles. The number of alkyl halides is 3. The highest BCUT2D eigenvalue weighted by molar-refractivity contribution is 7.12. The van der Waals surface area contributed by atoms with Crippen LogP contribution in [0.15, 0.2) is 22.5 Å². The number of thiophene rings is 1.